The molecule has 0 bridgehead atoms. The molecule has 0 atom stereocenters. The van der Waals surface area contributed by atoms with Crippen LogP contribution in [0.1, 0.15) is 38.1 Å². The number of carboxylic acids is 1. The number of anilines is 1. The number of hydrogen-bond donors (Lipinski definition) is 3. The third-order valence-corrected chi connectivity index (χ3v) is 4.22. The first-order valence-corrected chi connectivity index (χ1v) is 7.50. The van der Waals surface area contributed by atoms with Gasteiger partial charge < -0.3 is 15.7 Å². The maximum atomic E-state index is 11.9. The summed E-state index contributed by atoms with van der Waals surface area (Å²) in [6.07, 6.45) is 0. The van der Waals surface area contributed by atoms with Crippen molar-refractivity contribution in [2.75, 3.05) is 11.9 Å². The Morgan fingerprint density at radius 1 is 1.33 bits per heavy atom. The number of hydrogen-bond acceptors (Lipinski definition) is 2. The van der Waals surface area contributed by atoms with Crippen LogP contribution in [0, 0.1) is 11.3 Å². The summed E-state index contributed by atoms with van der Waals surface area (Å²) in [6, 6.07) is 4.28. The van der Waals surface area contributed by atoms with Gasteiger partial charge in [0.05, 0.1) is 11.3 Å². The first kappa shape index (κ1) is 17.5. The Hall–Kier alpha value is -1.56. The summed E-state index contributed by atoms with van der Waals surface area (Å²) in [5, 5.41) is 14.5. The van der Waals surface area contributed by atoms with Crippen LogP contribution < -0.4 is 10.6 Å². The zero-order valence-electron chi connectivity index (χ0n) is 12.7. The number of rotatable bonds is 5. The lowest BCUT2D eigenvalue weighted by atomic mass is 9.81. The number of carboxylic acid groups (broad SMARTS) is 1. The lowest BCUT2D eigenvalue weighted by Gasteiger charge is -2.29. The summed E-state index contributed by atoms with van der Waals surface area (Å²) in [6.45, 7) is 8.84. The van der Waals surface area contributed by atoms with Gasteiger partial charge in [-0.15, -0.1) is 0 Å². The van der Waals surface area contributed by atoms with Crippen molar-refractivity contribution in [2.45, 2.75) is 27.7 Å². The largest absolute Gasteiger partial charge is 0.478 e. The van der Waals surface area contributed by atoms with E-state index in [1.165, 1.54) is 6.07 Å². The summed E-state index contributed by atoms with van der Waals surface area (Å²) < 4.78 is 0.645. The maximum Gasteiger partial charge on any atom is 0.337 e. The summed E-state index contributed by atoms with van der Waals surface area (Å²) in [7, 11) is 0. The van der Waals surface area contributed by atoms with Crippen LogP contribution in [0.25, 0.3) is 0 Å². The van der Waals surface area contributed by atoms with E-state index in [9.17, 15) is 9.59 Å². The molecule has 3 N–H and O–H groups in total. The molecular weight excluding hydrogens is 336 g/mol. The second-order valence-electron chi connectivity index (χ2n) is 5.95. The fraction of sp³-hybridized carbons (Fsp3) is 0.467. The molecule has 0 saturated carbocycles. The second kappa shape index (κ2) is 6.93. The number of nitrogens with one attached hydrogen (secondary N) is 2. The summed E-state index contributed by atoms with van der Waals surface area (Å²) in [5.74, 6) is -0.672. The summed E-state index contributed by atoms with van der Waals surface area (Å²) in [4.78, 5) is 23.1. The van der Waals surface area contributed by atoms with Crippen molar-refractivity contribution in [3.8, 4) is 0 Å². The van der Waals surface area contributed by atoms with Crippen molar-refractivity contribution in [3.63, 3.8) is 0 Å². The van der Waals surface area contributed by atoms with Crippen LogP contribution >= 0.6 is 15.9 Å². The van der Waals surface area contributed by atoms with Gasteiger partial charge in [0, 0.05) is 11.0 Å². The van der Waals surface area contributed by atoms with Gasteiger partial charge >= 0.3 is 12.0 Å². The molecule has 0 aromatic heterocycles. The molecule has 1 aromatic rings. The maximum absolute atomic E-state index is 11.9. The molecule has 0 saturated heterocycles. The van der Waals surface area contributed by atoms with Gasteiger partial charge in [0.1, 0.15) is 0 Å². The fourth-order valence-electron chi connectivity index (χ4n) is 1.48. The van der Waals surface area contributed by atoms with Crippen molar-refractivity contribution in [3.05, 3.63) is 28.2 Å². The number of carbonyl (C=O) groups is 2. The Morgan fingerprint density at radius 3 is 2.48 bits per heavy atom. The van der Waals surface area contributed by atoms with Gasteiger partial charge in [0.2, 0.25) is 0 Å². The molecule has 6 heteroatoms. The van der Waals surface area contributed by atoms with Crippen molar-refractivity contribution < 1.29 is 14.7 Å². The molecule has 0 aliphatic carbocycles. The molecule has 0 fully saturated rings. The number of urea groups is 1. The van der Waals surface area contributed by atoms with Gasteiger partial charge in [-0.05, 0) is 29.5 Å². The van der Waals surface area contributed by atoms with Crippen molar-refractivity contribution in [2.24, 2.45) is 11.3 Å². The lowest BCUT2D eigenvalue weighted by Crippen LogP contribution is -2.39. The molecule has 0 spiro atoms. The standard InChI is InChI=1S/C15H21BrN2O3/c1-9(2)15(3,4)8-17-14(21)18-12-6-5-10(16)7-11(12)13(19)20/h5-7,9H,8H2,1-4H3,(H,19,20)(H2,17,18,21). The molecule has 0 heterocycles. The van der Waals surface area contributed by atoms with Crippen LogP contribution in [0.15, 0.2) is 22.7 Å². The van der Waals surface area contributed by atoms with Gasteiger partial charge in [0.25, 0.3) is 0 Å². The van der Waals surface area contributed by atoms with E-state index in [0.717, 1.165) is 0 Å². The van der Waals surface area contributed by atoms with Gasteiger partial charge in [0.15, 0.2) is 0 Å². The van der Waals surface area contributed by atoms with Crippen LogP contribution in [0.3, 0.4) is 0 Å². The van der Waals surface area contributed by atoms with E-state index >= 15 is 0 Å². The Morgan fingerprint density at radius 2 is 1.95 bits per heavy atom. The molecule has 1 aromatic carbocycles. The number of benzene rings is 1. The molecule has 5 nitrogen and oxygen atoms in total. The molecule has 0 radical (unpaired) electrons. The zero-order valence-corrected chi connectivity index (χ0v) is 14.2. The molecule has 2 amide bonds. The SMILES string of the molecule is CC(C)C(C)(C)CNC(=O)Nc1ccc(Br)cc1C(=O)O. The van der Waals surface area contributed by atoms with E-state index < -0.39 is 12.0 Å². The Balaban J connectivity index is 2.74. The van der Waals surface area contributed by atoms with Crippen LogP contribution in [0.4, 0.5) is 10.5 Å². The fourth-order valence-corrected chi connectivity index (χ4v) is 1.84. The summed E-state index contributed by atoms with van der Waals surface area (Å²) >= 11 is 3.21. The molecule has 21 heavy (non-hydrogen) atoms. The first-order chi connectivity index (χ1) is 9.63. The Kier molecular flexibility index (Phi) is 5.78. The minimum Gasteiger partial charge on any atom is -0.478 e. The number of carbonyl (C=O) groups excluding carboxylic acids is 1. The molecule has 0 aliphatic heterocycles. The second-order valence-corrected chi connectivity index (χ2v) is 6.86. The van der Waals surface area contributed by atoms with E-state index in [1.807, 2.05) is 0 Å². The molecule has 116 valence electrons. The highest BCUT2D eigenvalue weighted by Crippen LogP contribution is 2.25. The average Bonchev–Trinajstić information content (AvgIpc) is 2.38. The van der Waals surface area contributed by atoms with Crippen molar-refractivity contribution >= 4 is 33.6 Å². The van der Waals surface area contributed by atoms with Crippen LogP contribution in [-0.4, -0.2) is 23.7 Å². The predicted octanol–water partition coefficient (Wildman–Crippen LogP) is 3.95. The van der Waals surface area contributed by atoms with Gasteiger partial charge in [-0.25, -0.2) is 9.59 Å². The highest BCUT2D eigenvalue weighted by atomic mass is 79.9. The first-order valence-electron chi connectivity index (χ1n) is 6.71. The minimum atomic E-state index is -1.09. The molecular formula is C15H21BrN2O3. The van der Waals surface area contributed by atoms with Crippen molar-refractivity contribution in [1.29, 1.82) is 0 Å². The van der Waals surface area contributed by atoms with Crippen LogP contribution in [0.5, 0.6) is 0 Å². The Bertz CT molecular complexity index is 542. The number of halogens is 1. The van der Waals surface area contributed by atoms with E-state index in [2.05, 4.69) is 54.3 Å². The van der Waals surface area contributed by atoms with Gasteiger partial charge in [-0.3, -0.25) is 0 Å². The molecule has 0 unspecified atom stereocenters. The average molecular weight is 357 g/mol. The van der Waals surface area contributed by atoms with Crippen molar-refractivity contribution in [1.82, 2.24) is 5.32 Å². The third-order valence-electron chi connectivity index (χ3n) is 3.73. The van der Waals surface area contributed by atoms with E-state index in [1.54, 1.807) is 12.1 Å². The van der Waals surface area contributed by atoms with E-state index in [-0.39, 0.29) is 16.7 Å². The molecule has 0 aliphatic rings. The highest BCUT2D eigenvalue weighted by molar-refractivity contribution is 9.10. The molecule has 1 rings (SSSR count). The Labute approximate surface area is 133 Å². The number of aromatic carboxylic acids is 1. The van der Waals surface area contributed by atoms with Crippen LogP contribution in [-0.2, 0) is 0 Å². The van der Waals surface area contributed by atoms with E-state index in [4.69, 9.17) is 5.11 Å². The van der Waals surface area contributed by atoms with Gasteiger partial charge in [-0.2, -0.15) is 0 Å². The predicted molar refractivity (Wildman–Crippen MR) is 86.7 cm³/mol. The number of amides is 2. The lowest BCUT2D eigenvalue weighted by molar-refractivity contribution is 0.0698. The third kappa shape index (κ3) is 5.04. The van der Waals surface area contributed by atoms with E-state index in [0.29, 0.717) is 16.9 Å². The highest BCUT2D eigenvalue weighted by Gasteiger charge is 2.23. The quantitative estimate of drug-likeness (QED) is 0.747. The minimum absolute atomic E-state index is 0.0350. The summed E-state index contributed by atoms with van der Waals surface area (Å²) in [5.41, 5.74) is 0.278. The smallest absolute Gasteiger partial charge is 0.337 e. The normalized spacial score (nSPS) is 11.3. The van der Waals surface area contributed by atoms with Crippen LogP contribution in [0.2, 0.25) is 0 Å². The van der Waals surface area contributed by atoms with Gasteiger partial charge in [-0.1, -0.05) is 43.6 Å². The monoisotopic (exact) mass is 356 g/mol. The topological polar surface area (TPSA) is 78.4 Å². The zero-order chi connectivity index (χ0) is 16.2.